The largest absolute Gasteiger partial charge is 0.394 e. The smallest absolute Gasteiger partial charge is 0.226 e. The van der Waals surface area contributed by atoms with E-state index in [0.717, 1.165) is 11.1 Å². The molecule has 30 heavy (non-hydrogen) atoms. The fraction of sp³-hybridized carbons (Fsp3) is 0.400. The predicted octanol–water partition coefficient (Wildman–Crippen LogP) is 6.26. The summed E-state index contributed by atoms with van der Waals surface area (Å²) in [5.41, 5.74) is 2.10. The van der Waals surface area contributed by atoms with Crippen LogP contribution in [0.25, 0.3) is 0 Å². The Hall–Kier alpha value is -1.81. The van der Waals surface area contributed by atoms with Crippen LogP contribution in [0.4, 0.5) is 0 Å². The number of benzene rings is 2. The Bertz CT molecular complexity index is 881. The van der Waals surface area contributed by atoms with E-state index in [2.05, 4.69) is 12.6 Å². The molecule has 0 bridgehead atoms. The van der Waals surface area contributed by atoms with Crippen LogP contribution in [0.3, 0.4) is 0 Å². The van der Waals surface area contributed by atoms with Gasteiger partial charge < -0.3 is 10.0 Å². The van der Waals surface area contributed by atoms with E-state index in [-0.39, 0.29) is 42.4 Å². The van der Waals surface area contributed by atoms with Crippen molar-refractivity contribution in [2.75, 3.05) is 6.61 Å². The molecule has 5 heteroatoms. The topological polar surface area (TPSA) is 40.5 Å². The molecule has 1 aliphatic heterocycles. The van der Waals surface area contributed by atoms with E-state index in [4.69, 9.17) is 23.2 Å². The van der Waals surface area contributed by atoms with E-state index >= 15 is 0 Å². The van der Waals surface area contributed by atoms with E-state index in [1.165, 1.54) is 0 Å². The first-order chi connectivity index (χ1) is 14.4. The second-order valence-corrected chi connectivity index (χ2v) is 9.23. The lowest BCUT2D eigenvalue weighted by atomic mass is 9.74. The third kappa shape index (κ3) is 4.74. The summed E-state index contributed by atoms with van der Waals surface area (Å²) >= 11 is 12.5. The molecule has 2 aromatic rings. The van der Waals surface area contributed by atoms with Crippen molar-refractivity contribution in [2.24, 2.45) is 11.8 Å². The van der Waals surface area contributed by atoms with Gasteiger partial charge in [0.05, 0.1) is 18.7 Å². The highest BCUT2D eigenvalue weighted by molar-refractivity contribution is 6.30. The first-order valence-electron chi connectivity index (χ1n) is 10.4. The van der Waals surface area contributed by atoms with Gasteiger partial charge in [-0.2, -0.15) is 0 Å². The van der Waals surface area contributed by atoms with Gasteiger partial charge in [-0.15, -0.1) is 6.58 Å². The van der Waals surface area contributed by atoms with Crippen LogP contribution < -0.4 is 0 Å². The number of allylic oxidation sites excluding steroid dienone is 1. The van der Waals surface area contributed by atoms with Crippen LogP contribution in [0.15, 0.2) is 61.2 Å². The maximum absolute atomic E-state index is 13.6. The quantitative estimate of drug-likeness (QED) is 0.510. The molecule has 0 aromatic heterocycles. The van der Waals surface area contributed by atoms with Gasteiger partial charge in [0.2, 0.25) is 5.91 Å². The zero-order chi connectivity index (χ0) is 21.8. The number of nitrogens with zero attached hydrogens (tertiary/aromatic N) is 1. The number of piperidine rings is 1. The van der Waals surface area contributed by atoms with Crippen LogP contribution in [0.5, 0.6) is 0 Å². The zero-order valence-corrected chi connectivity index (χ0v) is 19.0. The molecule has 1 N–H and O–H groups in total. The maximum Gasteiger partial charge on any atom is 0.226 e. The minimum Gasteiger partial charge on any atom is -0.394 e. The minimum absolute atomic E-state index is 0.0420. The van der Waals surface area contributed by atoms with Crippen molar-refractivity contribution < 1.29 is 9.90 Å². The summed E-state index contributed by atoms with van der Waals surface area (Å²) < 4.78 is 0. The Balaban J connectivity index is 2.18. The van der Waals surface area contributed by atoms with Crippen molar-refractivity contribution in [1.82, 2.24) is 4.90 Å². The highest BCUT2D eigenvalue weighted by Gasteiger charge is 2.45. The molecule has 1 aliphatic rings. The second-order valence-electron chi connectivity index (χ2n) is 8.35. The molecular formula is C25H29Cl2NO2. The average Bonchev–Trinajstić information content (AvgIpc) is 2.71. The van der Waals surface area contributed by atoms with Gasteiger partial charge in [-0.25, -0.2) is 0 Å². The predicted molar refractivity (Wildman–Crippen MR) is 124 cm³/mol. The van der Waals surface area contributed by atoms with Crippen LogP contribution in [0.1, 0.15) is 49.8 Å². The normalized spacial score (nSPS) is 22.9. The van der Waals surface area contributed by atoms with Gasteiger partial charge in [0.15, 0.2) is 0 Å². The number of amides is 1. The molecule has 2 aromatic carbocycles. The number of hydrogen-bond acceptors (Lipinski definition) is 2. The Morgan fingerprint density at radius 3 is 2.40 bits per heavy atom. The van der Waals surface area contributed by atoms with Gasteiger partial charge in [0.25, 0.3) is 0 Å². The van der Waals surface area contributed by atoms with Crippen LogP contribution in [-0.4, -0.2) is 28.6 Å². The number of rotatable bonds is 7. The number of hydrogen-bond donors (Lipinski definition) is 1. The molecule has 0 spiro atoms. The summed E-state index contributed by atoms with van der Waals surface area (Å²) in [5, 5.41) is 11.6. The molecule has 0 saturated carbocycles. The number of aliphatic hydroxyl groups is 1. The van der Waals surface area contributed by atoms with Crippen molar-refractivity contribution in [3.63, 3.8) is 0 Å². The monoisotopic (exact) mass is 445 g/mol. The fourth-order valence-corrected chi connectivity index (χ4v) is 4.90. The van der Waals surface area contributed by atoms with Gasteiger partial charge in [-0.3, -0.25) is 4.79 Å². The van der Waals surface area contributed by atoms with Crippen molar-refractivity contribution in [1.29, 1.82) is 0 Å². The van der Waals surface area contributed by atoms with Gasteiger partial charge in [0, 0.05) is 21.9 Å². The minimum atomic E-state index is -0.285. The molecule has 1 saturated heterocycles. The van der Waals surface area contributed by atoms with Crippen LogP contribution in [-0.2, 0) is 4.79 Å². The van der Waals surface area contributed by atoms with Crippen molar-refractivity contribution in [2.45, 2.75) is 44.7 Å². The number of likely N-dealkylation sites (tertiary alicyclic amines) is 1. The van der Waals surface area contributed by atoms with Crippen LogP contribution in [0.2, 0.25) is 10.0 Å². The second kappa shape index (κ2) is 10.00. The zero-order valence-electron chi connectivity index (χ0n) is 17.5. The first kappa shape index (κ1) is 22.9. The third-order valence-corrected chi connectivity index (χ3v) is 6.56. The lowest BCUT2D eigenvalue weighted by Crippen LogP contribution is -2.54. The van der Waals surface area contributed by atoms with E-state index in [0.29, 0.717) is 22.9 Å². The molecule has 160 valence electrons. The summed E-state index contributed by atoms with van der Waals surface area (Å²) in [6.07, 6.45) is 3.11. The summed E-state index contributed by atoms with van der Waals surface area (Å²) in [6, 6.07) is 15.0. The number of aliphatic hydroxyl groups excluding tert-OH is 1. The van der Waals surface area contributed by atoms with E-state index < -0.39 is 0 Å². The molecule has 2 unspecified atom stereocenters. The molecule has 1 amide bonds. The molecule has 1 heterocycles. The maximum atomic E-state index is 13.6. The van der Waals surface area contributed by atoms with Crippen LogP contribution in [0, 0.1) is 11.8 Å². The van der Waals surface area contributed by atoms with Crippen molar-refractivity contribution >= 4 is 29.1 Å². The van der Waals surface area contributed by atoms with E-state index in [1.807, 2.05) is 67.3 Å². The number of halogens is 2. The lowest BCUT2D eigenvalue weighted by Gasteiger charge is -2.49. The standard InChI is InChI=1S/C25H29Cl2NO2/c1-4-6-19-14-22(18-7-5-8-21(27)13-18)24(17-9-11-20(26)12-10-17)28(25(19)30)23(15-29)16(2)3/h4-5,7-13,16,19,22-24,29H,1,6,14-15H2,2-3H3/t19?,22-,23-,24?/m1/s1. The van der Waals surface area contributed by atoms with Crippen molar-refractivity contribution in [3.05, 3.63) is 82.4 Å². The Morgan fingerprint density at radius 2 is 1.83 bits per heavy atom. The molecule has 4 atom stereocenters. The van der Waals surface area contributed by atoms with E-state index in [1.54, 1.807) is 0 Å². The summed E-state index contributed by atoms with van der Waals surface area (Å²) in [4.78, 5) is 15.5. The third-order valence-electron chi connectivity index (χ3n) is 6.08. The Morgan fingerprint density at radius 1 is 1.13 bits per heavy atom. The average molecular weight is 446 g/mol. The Labute approximate surface area is 189 Å². The van der Waals surface area contributed by atoms with Gasteiger partial charge in [-0.05, 0) is 54.2 Å². The molecule has 1 fully saturated rings. The van der Waals surface area contributed by atoms with Crippen molar-refractivity contribution in [3.8, 4) is 0 Å². The molecule has 3 rings (SSSR count). The summed E-state index contributed by atoms with van der Waals surface area (Å²) in [7, 11) is 0. The molecule has 3 nitrogen and oxygen atoms in total. The first-order valence-corrected chi connectivity index (χ1v) is 11.2. The van der Waals surface area contributed by atoms with E-state index in [9.17, 15) is 9.90 Å². The van der Waals surface area contributed by atoms with Gasteiger partial charge >= 0.3 is 0 Å². The SMILES string of the molecule is C=CCC1C[C@H](c2cccc(Cl)c2)C(c2ccc(Cl)cc2)N([C@H](CO)C(C)C)C1=O. The summed E-state index contributed by atoms with van der Waals surface area (Å²) in [6.45, 7) is 7.85. The molecule has 0 aliphatic carbocycles. The van der Waals surface area contributed by atoms with Crippen LogP contribution >= 0.6 is 23.2 Å². The molecule has 0 radical (unpaired) electrons. The molecular weight excluding hydrogens is 417 g/mol. The van der Waals surface area contributed by atoms with Gasteiger partial charge in [-0.1, -0.05) is 67.4 Å². The highest BCUT2D eigenvalue weighted by Crippen LogP contribution is 2.47. The fourth-order valence-electron chi connectivity index (χ4n) is 4.57. The lowest BCUT2D eigenvalue weighted by molar-refractivity contribution is -0.149. The number of carbonyl (C=O) groups is 1. The Kier molecular flexibility index (Phi) is 7.62. The highest BCUT2D eigenvalue weighted by atomic mass is 35.5. The number of carbonyl (C=O) groups excluding carboxylic acids is 1. The summed E-state index contributed by atoms with van der Waals surface area (Å²) in [5.74, 6) is 0.0419. The van der Waals surface area contributed by atoms with Gasteiger partial charge in [0.1, 0.15) is 0 Å².